The number of ether oxygens (including phenoxy) is 1. The summed E-state index contributed by atoms with van der Waals surface area (Å²) in [5.41, 5.74) is 1.54. The van der Waals surface area contributed by atoms with Gasteiger partial charge >= 0.3 is 5.97 Å². The van der Waals surface area contributed by atoms with E-state index in [1.165, 1.54) is 7.11 Å². The van der Waals surface area contributed by atoms with Crippen LogP contribution in [0.5, 0.6) is 0 Å². The molecule has 0 saturated heterocycles. The number of hydrogen-bond donors (Lipinski definition) is 1. The van der Waals surface area contributed by atoms with Crippen LogP contribution in [0.1, 0.15) is 30.6 Å². The maximum Gasteiger partial charge on any atom is 0.328 e. The minimum absolute atomic E-state index is 0.267. The van der Waals surface area contributed by atoms with Crippen molar-refractivity contribution in [2.24, 2.45) is 5.92 Å². The predicted octanol–water partition coefficient (Wildman–Crippen LogP) is 2.07. The molecule has 1 N–H and O–H groups in total. The summed E-state index contributed by atoms with van der Waals surface area (Å²) in [6.45, 7) is 3.99. The second-order valence-corrected chi connectivity index (χ2v) is 5.62. The first-order valence-corrected chi connectivity index (χ1v) is 7.01. The molecule has 5 heteroatoms. The summed E-state index contributed by atoms with van der Waals surface area (Å²) in [5.74, 6) is -0.399. The highest BCUT2D eigenvalue weighted by Gasteiger charge is 2.23. The van der Waals surface area contributed by atoms with E-state index in [2.05, 4.69) is 5.32 Å². The van der Waals surface area contributed by atoms with Crippen molar-refractivity contribution in [2.45, 2.75) is 26.3 Å². The second kappa shape index (κ2) is 7.67. The molecule has 0 radical (unpaired) electrons. The number of nitrogens with one attached hydrogen (secondary N) is 1. The van der Waals surface area contributed by atoms with Crippen molar-refractivity contribution in [1.82, 2.24) is 5.32 Å². The summed E-state index contributed by atoms with van der Waals surface area (Å²) in [6, 6.07) is 6.61. The number of methoxy groups -OCH3 is 1. The standard InChI is InChI=1S/C16H24N2O3/c1-11(2)10-14(16(20)21-5)17-15(19)12-6-8-13(9-7-12)18(3)4/h6-9,11,14H,10H2,1-5H3,(H,17,19). The molecule has 5 nitrogen and oxygen atoms in total. The Balaban J connectivity index is 2.78. The fourth-order valence-corrected chi connectivity index (χ4v) is 1.98. The normalized spacial score (nSPS) is 11.9. The van der Waals surface area contributed by atoms with Crippen molar-refractivity contribution < 1.29 is 14.3 Å². The van der Waals surface area contributed by atoms with Crippen molar-refractivity contribution in [2.75, 3.05) is 26.1 Å². The third-order valence-corrected chi connectivity index (χ3v) is 3.14. The first kappa shape index (κ1) is 17.0. The van der Waals surface area contributed by atoms with Crippen molar-refractivity contribution in [3.05, 3.63) is 29.8 Å². The van der Waals surface area contributed by atoms with Crippen LogP contribution in [-0.4, -0.2) is 39.1 Å². The zero-order chi connectivity index (χ0) is 16.0. The topological polar surface area (TPSA) is 58.6 Å². The van der Waals surface area contributed by atoms with Crippen LogP contribution < -0.4 is 10.2 Å². The van der Waals surface area contributed by atoms with Crippen LogP contribution >= 0.6 is 0 Å². The molecular weight excluding hydrogens is 268 g/mol. The fraction of sp³-hybridized carbons (Fsp3) is 0.500. The third-order valence-electron chi connectivity index (χ3n) is 3.14. The lowest BCUT2D eigenvalue weighted by atomic mass is 10.0. The van der Waals surface area contributed by atoms with E-state index in [0.29, 0.717) is 12.0 Å². The van der Waals surface area contributed by atoms with E-state index in [1.807, 2.05) is 45.0 Å². The smallest absolute Gasteiger partial charge is 0.328 e. The first-order chi connectivity index (χ1) is 9.85. The van der Waals surface area contributed by atoms with Gasteiger partial charge < -0.3 is 15.0 Å². The van der Waals surface area contributed by atoms with E-state index in [-0.39, 0.29) is 11.8 Å². The summed E-state index contributed by atoms with van der Waals surface area (Å²) in [5, 5.41) is 2.74. The highest BCUT2D eigenvalue weighted by molar-refractivity contribution is 5.97. The molecule has 1 aromatic rings. The lowest BCUT2D eigenvalue weighted by molar-refractivity contribution is -0.143. The molecule has 0 spiro atoms. The molecule has 1 aromatic carbocycles. The molecule has 1 amide bonds. The molecule has 116 valence electrons. The second-order valence-electron chi connectivity index (χ2n) is 5.62. The van der Waals surface area contributed by atoms with E-state index in [0.717, 1.165) is 5.69 Å². The summed E-state index contributed by atoms with van der Waals surface area (Å²) in [4.78, 5) is 25.9. The van der Waals surface area contributed by atoms with Gasteiger partial charge in [-0.1, -0.05) is 13.8 Å². The van der Waals surface area contributed by atoms with Gasteiger partial charge in [0.2, 0.25) is 0 Å². The van der Waals surface area contributed by atoms with Gasteiger partial charge in [-0.15, -0.1) is 0 Å². The third kappa shape index (κ3) is 5.10. The summed E-state index contributed by atoms with van der Waals surface area (Å²) < 4.78 is 4.74. The van der Waals surface area contributed by atoms with Gasteiger partial charge in [0, 0.05) is 25.3 Å². The van der Waals surface area contributed by atoms with E-state index in [1.54, 1.807) is 12.1 Å². The Hall–Kier alpha value is -2.04. The maximum absolute atomic E-state index is 12.2. The molecule has 0 aliphatic carbocycles. The average Bonchev–Trinajstić information content (AvgIpc) is 2.45. The van der Waals surface area contributed by atoms with Gasteiger partial charge in [0.25, 0.3) is 5.91 Å². The van der Waals surface area contributed by atoms with Crippen molar-refractivity contribution in [3.8, 4) is 0 Å². The minimum Gasteiger partial charge on any atom is -0.467 e. The number of hydrogen-bond acceptors (Lipinski definition) is 4. The van der Waals surface area contributed by atoms with E-state index >= 15 is 0 Å². The largest absolute Gasteiger partial charge is 0.467 e. The Morgan fingerprint density at radius 2 is 1.76 bits per heavy atom. The number of rotatable bonds is 6. The average molecular weight is 292 g/mol. The Labute approximate surface area is 126 Å². The van der Waals surface area contributed by atoms with Crippen molar-refractivity contribution in [3.63, 3.8) is 0 Å². The molecule has 0 saturated carbocycles. The van der Waals surface area contributed by atoms with Gasteiger partial charge in [-0.25, -0.2) is 4.79 Å². The van der Waals surface area contributed by atoms with Crippen molar-refractivity contribution >= 4 is 17.6 Å². The molecule has 0 heterocycles. The lowest BCUT2D eigenvalue weighted by Gasteiger charge is -2.18. The molecule has 0 aliphatic rings. The van der Waals surface area contributed by atoms with Gasteiger partial charge in [0.1, 0.15) is 6.04 Å². The van der Waals surface area contributed by atoms with Gasteiger partial charge in [0.05, 0.1) is 7.11 Å². The molecule has 0 aromatic heterocycles. The van der Waals surface area contributed by atoms with Gasteiger partial charge in [-0.2, -0.15) is 0 Å². The monoisotopic (exact) mass is 292 g/mol. The SMILES string of the molecule is COC(=O)C(CC(C)C)NC(=O)c1ccc(N(C)C)cc1. The summed E-state index contributed by atoms with van der Waals surface area (Å²) >= 11 is 0. The molecule has 1 unspecified atom stereocenters. The zero-order valence-electron chi connectivity index (χ0n) is 13.3. The van der Waals surface area contributed by atoms with Crippen LogP contribution in [0, 0.1) is 5.92 Å². The molecule has 1 rings (SSSR count). The minimum atomic E-state index is -0.615. The summed E-state index contributed by atoms with van der Waals surface area (Å²) in [7, 11) is 5.20. The highest BCUT2D eigenvalue weighted by atomic mass is 16.5. The van der Waals surface area contributed by atoms with Gasteiger partial charge in [-0.05, 0) is 36.6 Å². The Bertz CT molecular complexity index is 481. The number of anilines is 1. The number of carbonyl (C=O) groups excluding carboxylic acids is 2. The van der Waals surface area contributed by atoms with Gasteiger partial charge in [0.15, 0.2) is 0 Å². The van der Waals surface area contributed by atoms with Crippen LogP contribution in [0.4, 0.5) is 5.69 Å². The number of carbonyl (C=O) groups is 2. The number of amides is 1. The predicted molar refractivity (Wildman–Crippen MR) is 83.5 cm³/mol. The number of esters is 1. The number of nitrogens with zero attached hydrogens (tertiary/aromatic N) is 1. The first-order valence-electron chi connectivity index (χ1n) is 7.01. The van der Waals surface area contributed by atoms with Crippen molar-refractivity contribution in [1.29, 1.82) is 0 Å². The molecule has 0 aliphatic heterocycles. The molecule has 0 fully saturated rings. The van der Waals surface area contributed by atoms with Crippen LogP contribution in [-0.2, 0) is 9.53 Å². The van der Waals surface area contributed by atoms with Gasteiger partial charge in [-0.3, -0.25) is 4.79 Å². The van der Waals surface area contributed by atoms with E-state index in [9.17, 15) is 9.59 Å². The Morgan fingerprint density at radius 1 is 1.19 bits per heavy atom. The summed E-state index contributed by atoms with van der Waals surface area (Å²) in [6.07, 6.45) is 0.550. The maximum atomic E-state index is 12.2. The zero-order valence-corrected chi connectivity index (χ0v) is 13.3. The Kier molecular flexibility index (Phi) is 6.21. The van der Waals surface area contributed by atoms with Crippen LogP contribution in [0.3, 0.4) is 0 Å². The van der Waals surface area contributed by atoms with Crippen LogP contribution in [0.2, 0.25) is 0 Å². The Morgan fingerprint density at radius 3 is 2.19 bits per heavy atom. The fourth-order valence-electron chi connectivity index (χ4n) is 1.98. The van der Waals surface area contributed by atoms with E-state index < -0.39 is 12.0 Å². The highest BCUT2D eigenvalue weighted by Crippen LogP contribution is 2.13. The van der Waals surface area contributed by atoms with Crippen LogP contribution in [0.25, 0.3) is 0 Å². The van der Waals surface area contributed by atoms with E-state index in [4.69, 9.17) is 4.74 Å². The van der Waals surface area contributed by atoms with Crippen LogP contribution in [0.15, 0.2) is 24.3 Å². The molecular formula is C16H24N2O3. The molecule has 0 bridgehead atoms. The molecule has 1 atom stereocenters. The number of benzene rings is 1. The lowest BCUT2D eigenvalue weighted by Crippen LogP contribution is -2.42. The molecule has 21 heavy (non-hydrogen) atoms. The quantitative estimate of drug-likeness (QED) is 0.816.